The number of ketones is 1. The monoisotopic (exact) mass is 487 g/mol. The summed E-state index contributed by atoms with van der Waals surface area (Å²) in [7, 11) is 0. The van der Waals surface area contributed by atoms with Crippen molar-refractivity contribution in [1.29, 1.82) is 0 Å². The first-order valence-corrected chi connectivity index (χ1v) is 11.8. The molecular weight excluding hydrogens is 450 g/mol. The van der Waals surface area contributed by atoms with Crippen LogP contribution in [0.3, 0.4) is 0 Å². The second kappa shape index (κ2) is 11.8. The van der Waals surface area contributed by atoms with Crippen LogP contribution in [0.5, 0.6) is 0 Å². The molecule has 35 heavy (non-hydrogen) atoms. The summed E-state index contributed by atoms with van der Waals surface area (Å²) in [4.78, 5) is 53.0. The number of carbonyl (C=O) groups excluding carboxylic acids is 2. The van der Waals surface area contributed by atoms with E-state index in [0.717, 1.165) is 10.1 Å². The highest BCUT2D eigenvalue weighted by Crippen LogP contribution is 2.11. The Balaban J connectivity index is 2.28. The van der Waals surface area contributed by atoms with Gasteiger partial charge in [-0.3, -0.25) is 23.6 Å². The number of nitrogens with zero attached hydrogens (tertiary/aromatic N) is 3. The van der Waals surface area contributed by atoms with Crippen LogP contribution < -0.4 is 22.3 Å². The lowest BCUT2D eigenvalue weighted by Crippen LogP contribution is -2.47. The minimum Gasteiger partial charge on any atom is -0.444 e. The quantitative estimate of drug-likeness (QED) is 0.491. The molecule has 10 heteroatoms. The summed E-state index contributed by atoms with van der Waals surface area (Å²) in [5.41, 5.74) is 5.00. The SMILES string of the molecule is CCn1c(=O)c(C(=O)CN(CCNC(=O)OC(C)(C)C)C(C)C)c(N)n(Cc2ccccc2)c1=O. The van der Waals surface area contributed by atoms with Crippen molar-refractivity contribution in [2.24, 2.45) is 0 Å². The fourth-order valence-electron chi connectivity index (χ4n) is 3.57. The number of ether oxygens (including phenoxy) is 1. The Hall–Kier alpha value is -3.40. The van der Waals surface area contributed by atoms with Crippen LogP contribution in [0.1, 0.15) is 57.5 Å². The molecule has 0 spiro atoms. The zero-order valence-electron chi connectivity index (χ0n) is 21.5. The van der Waals surface area contributed by atoms with Crippen molar-refractivity contribution in [3.05, 3.63) is 62.3 Å². The number of anilines is 1. The third-order valence-corrected chi connectivity index (χ3v) is 5.39. The predicted molar refractivity (Wildman–Crippen MR) is 136 cm³/mol. The summed E-state index contributed by atoms with van der Waals surface area (Å²) in [5.74, 6) is -0.628. The van der Waals surface area contributed by atoms with Crippen molar-refractivity contribution in [1.82, 2.24) is 19.4 Å². The van der Waals surface area contributed by atoms with Crippen LogP contribution >= 0.6 is 0 Å². The van der Waals surface area contributed by atoms with Crippen LogP contribution in [0, 0.1) is 0 Å². The highest BCUT2D eigenvalue weighted by atomic mass is 16.6. The molecule has 0 radical (unpaired) electrons. The van der Waals surface area contributed by atoms with Crippen molar-refractivity contribution in [2.75, 3.05) is 25.4 Å². The van der Waals surface area contributed by atoms with Crippen LogP contribution in [-0.4, -0.2) is 57.2 Å². The van der Waals surface area contributed by atoms with Gasteiger partial charge in [-0.2, -0.15) is 0 Å². The minimum atomic E-state index is -0.695. The van der Waals surface area contributed by atoms with Crippen LogP contribution in [-0.2, 0) is 17.8 Å². The summed E-state index contributed by atoms with van der Waals surface area (Å²) in [6, 6.07) is 9.16. The lowest BCUT2D eigenvalue weighted by atomic mass is 10.1. The van der Waals surface area contributed by atoms with Gasteiger partial charge < -0.3 is 15.8 Å². The maximum atomic E-state index is 13.3. The van der Waals surface area contributed by atoms with E-state index in [1.54, 1.807) is 27.7 Å². The number of hydrogen-bond acceptors (Lipinski definition) is 7. The molecule has 192 valence electrons. The molecule has 1 aromatic heterocycles. The van der Waals surface area contributed by atoms with Crippen molar-refractivity contribution >= 4 is 17.7 Å². The number of alkyl carbamates (subject to hydrolysis) is 1. The lowest BCUT2D eigenvalue weighted by Gasteiger charge is -2.26. The van der Waals surface area contributed by atoms with Gasteiger partial charge in [0.2, 0.25) is 0 Å². The molecule has 0 atom stereocenters. The Labute approximate surface area is 205 Å². The number of carbonyl (C=O) groups is 2. The van der Waals surface area contributed by atoms with E-state index in [0.29, 0.717) is 6.54 Å². The average molecular weight is 488 g/mol. The van der Waals surface area contributed by atoms with E-state index < -0.39 is 28.7 Å². The number of nitrogens with one attached hydrogen (secondary N) is 1. The van der Waals surface area contributed by atoms with Crippen molar-refractivity contribution in [3.63, 3.8) is 0 Å². The number of nitrogens with two attached hydrogens (primary N) is 1. The van der Waals surface area contributed by atoms with Gasteiger partial charge in [0.1, 0.15) is 17.0 Å². The average Bonchev–Trinajstić information content (AvgIpc) is 2.75. The highest BCUT2D eigenvalue weighted by molar-refractivity contribution is 6.01. The van der Waals surface area contributed by atoms with Crippen molar-refractivity contribution < 1.29 is 14.3 Å². The fraction of sp³-hybridized carbons (Fsp3) is 0.520. The number of hydrogen-bond donors (Lipinski definition) is 2. The normalized spacial score (nSPS) is 11.7. The molecule has 0 fully saturated rings. The van der Waals surface area contributed by atoms with Gasteiger partial charge in [0.25, 0.3) is 5.56 Å². The molecule has 0 aliphatic heterocycles. The maximum Gasteiger partial charge on any atom is 0.407 e. The summed E-state index contributed by atoms with van der Waals surface area (Å²) < 4.78 is 7.52. The van der Waals surface area contributed by atoms with Crippen molar-refractivity contribution in [2.45, 2.75) is 66.3 Å². The number of nitrogen functional groups attached to an aromatic ring is 1. The topological polar surface area (TPSA) is 129 Å². The van der Waals surface area contributed by atoms with E-state index >= 15 is 0 Å². The molecule has 0 unspecified atom stereocenters. The third kappa shape index (κ3) is 7.54. The molecule has 1 heterocycles. The molecule has 0 saturated carbocycles. The smallest absolute Gasteiger partial charge is 0.407 e. The Morgan fingerprint density at radius 1 is 1.11 bits per heavy atom. The van der Waals surface area contributed by atoms with E-state index in [9.17, 15) is 19.2 Å². The first-order chi connectivity index (χ1) is 16.4. The number of amides is 1. The Morgan fingerprint density at radius 2 is 1.74 bits per heavy atom. The largest absolute Gasteiger partial charge is 0.444 e. The second-order valence-corrected chi connectivity index (χ2v) is 9.58. The summed E-state index contributed by atoms with van der Waals surface area (Å²) in [6.07, 6.45) is -0.546. The van der Waals surface area contributed by atoms with E-state index in [1.807, 2.05) is 49.1 Å². The molecule has 3 N–H and O–H groups in total. The Bertz CT molecular complexity index is 1150. The lowest BCUT2D eigenvalue weighted by molar-refractivity contribution is 0.0520. The maximum absolute atomic E-state index is 13.3. The van der Waals surface area contributed by atoms with E-state index in [2.05, 4.69) is 5.32 Å². The molecular formula is C25H37N5O5. The first kappa shape index (κ1) is 27.8. The van der Waals surface area contributed by atoms with E-state index in [-0.39, 0.29) is 43.6 Å². The van der Waals surface area contributed by atoms with Gasteiger partial charge in [-0.05, 0) is 47.1 Å². The molecule has 10 nitrogen and oxygen atoms in total. The summed E-state index contributed by atoms with van der Waals surface area (Å²) in [6.45, 7) is 11.6. The van der Waals surface area contributed by atoms with Crippen molar-refractivity contribution in [3.8, 4) is 0 Å². The van der Waals surface area contributed by atoms with Gasteiger partial charge >= 0.3 is 11.8 Å². The molecule has 2 rings (SSSR count). The summed E-state index contributed by atoms with van der Waals surface area (Å²) in [5, 5.41) is 2.67. The molecule has 2 aromatic rings. The third-order valence-electron chi connectivity index (χ3n) is 5.39. The van der Waals surface area contributed by atoms with E-state index in [1.165, 1.54) is 4.57 Å². The highest BCUT2D eigenvalue weighted by Gasteiger charge is 2.25. The van der Waals surface area contributed by atoms with Gasteiger partial charge in [0, 0.05) is 25.7 Å². The number of benzene rings is 1. The molecule has 1 aromatic carbocycles. The van der Waals surface area contributed by atoms with Gasteiger partial charge in [0.15, 0.2) is 5.78 Å². The molecule has 1 amide bonds. The zero-order chi connectivity index (χ0) is 26.3. The van der Waals surface area contributed by atoms with Crippen LogP contribution in [0.4, 0.5) is 10.6 Å². The van der Waals surface area contributed by atoms with Crippen LogP contribution in [0.2, 0.25) is 0 Å². The molecule has 0 aliphatic rings. The minimum absolute atomic E-state index is 0.0516. The molecule has 0 bridgehead atoms. The predicted octanol–water partition coefficient (Wildman–Crippen LogP) is 2.08. The van der Waals surface area contributed by atoms with Crippen LogP contribution in [0.25, 0.3) is 0 Å². The Morgan fingerprint density at radius 3 is 2.29 bits per heavy atom. The number of Topliss-reactive ketones (excluding diaryl/α,β-unsaturated/α-hetero) is 1. The van der Waals surface area contributed by atoms with Gasteiger partial charge in [-0.15, -0.1) is 0 Å². The zero-order valence-corrected chi connectivity index (χ0v) is 21.5. The number of rotatable bonds is 10. The van der Waals surface area contributed by atoms with Crippen LogP contribution in [0.15, 0.2) is 39.9 Å². The summed E-state index contributed by atoms with van der Waals surface area (Å²) >= 11 is 0. The first-order valence-electron chi connectivity index (χ1n) is 11.8. The van der Waals surface area contributed by atoms with Gasteiger partial charge in [0.05, 0.1) is 13.1 Å². The second-order valence-electron chi connectivity index (χ2n) is 9.58. The standard InChI is InChI=1S/C25H37N5O5/c1-7-29-22(32)20(21(26)30(24(29)34)15-18-11-9-8-10-12-18)19(31)16-28(17(2)3)14-13-27-23(33)35-25(4,5)6/h8-12,17H,7,13-16,26H2,1-6H3,(H,27,33). The van der Waals surface area contributed by atoms with Gasteiger partial charge in [-0.25, -0.2) is 9.59 Å². The Kier molecular flexibility index (Phi) is 9.41. The number of aromatic nitrogens is 2. The molecule has 0 saturated heterocycles. The van der Waals surface area contributed by atoms with E-state index in [4.69, 9.17) is 10.5 Å². The van der Waals surface area contributed by atoms with Gasteiger partial charge in [-0.1, -0.05) is 30.3 Å². The molecule has 0 aliphatic carbocycles. The fourth-order valence-corrected chi connectivity index (χ4v) is 3.57.